The van der Waals surface area contributed by atoms with Crippen molar-refractivity contribution in [3.05, 3.63) is 56.5 Å². The highest BCUT2D eigenvalue weighted by molar-refractivity contribution is 7.15. The number of hydrazine groups is 1. The van der Waals surface area contributed by atoms with Gasteiger partial charge < -0.3 is 0 Å². The third-order valence-electron chi connectivity index (χ3n) is 4.81. The van der Waals surface area contributed by atoms with E-state index in [1.807, 2.05) is 24.1 Å². The molecule has 2 aromatic heterocycles. The lowest BCUT2D eigenvalue weighted by Gasteiger charge is -2.15. The van der Waals surface area contributed by atoms with Gasteiger partial charge in [-0.2, -0.15) is 5.10 Å². The molecule has 1 aromatic carbocycles. The molecule has 1 aliphatic rings. The number of nitrogens with one attached hydrogen (secondary N) is 1. The van der Waals surface area contributed by atoms with Crippen LogP contribution in [0.15, 0.2) is 30.3 Å². The van der Waals surface area contributed by atoms with E-state index < -0.39 is 0 Å². The van der Waals surface area contributed by atoms with Crippen molar-refractivity contribution in [2.45, 2.75) is 26.7 Å². The summed E-state index contributed by atoms with van der Waals surface area (Å²) in [6.45, 7) is 5.72. The SMILES string of the molecule is Cc1ccc(-c2c(C)c(C(=O)NN3CCCC3)nn2-c2ccc(Cl)cc2Cl)s1. The first-order chi connectivity index (χ1) is 13.4. The molecule has 0 bridgehead atoms. The van der Waals surface area contributed by atoms with E-state index in [0.29, 0.717) is 21.4 Å². The average Bonchev–Trinajstić information content (AvgIpc) is 3.36. The van der Waals surface area contributed by atoms with Crippen LogP contribution < -0.4 is 5.43 Å². The normalized spacial score (nSPS) is 14.6. The third kappa shape index (κ3) is 3.70. The van der Waals surface area contributed by atoms with Gasteiger partial charge >= 0.3 is 0 Å². The maximum Gasteiger partial charge on any atom is 0.286 e. The van der Waals surface area contributed by atoms with Crippen molar-refractivity contribution in [1.82, 2.24) is 20.2 Å². The number of benzene rings is 1. The first-order valence-corrected chi connectivity index (χ1v) is 10.7. The van der Waals surface area contributed by atoms with Gasteiger partial charge in [-0.3, -0.25) is 10.2 Å². The van der Waals surface area contributed by atoms with Gasteiger partial charge in [0.1, 0.15) is 0 Å². The zero-order chi connectivity index (χ0) is 19.8. The molecule has 146 valence electrons. The molecule has 0 aliphatic carbocycles. The average molecular weight is 435 g/mol. The van der Waals surface area contributed by atoms with E-state index in [-0.39, 0.29) is 5.91 Å². The maximum absolute atomic E-state index is 12.9. The van der Waals surface area contributed by atoms with Gasteiger partial charge in [0.15, 0.2) is 5.69 Å². The number of hydrogen-bond donors (Lipinski definition) is 1. The van der Waals surface area contributed by atoms with Crippen LogP contribution in [0.4, 0.5) is 0 Å². The predicted molar refractivity (Wildman–Crippen MR) is 115 cm³/mol. The summed E-state index contributed by atoms with van der Waals surface area (Å²) in [5.41, 5.74) is 5.76. The molecule has 1 fully saturated rings. The molecule has 1 amide bonds. The molecular weight excluding hydrogens is 415 g/mol. The molecule has 4 rings (SSSR count). The van der Waals surface area contributed by atoms with Crippen LogP contribution >= 0.6 is 34.5 Å². The highest BCUT2D eigenvalue weighted by Crippen LogP contribution is 2.36. The van der Waals surface area contributed by atoms with E-state index in [4.69, 9.17) is 23.2 Å². The standard InChI is InChI=1S/C20H20Cl2N4OS/c1-12-5-8-17(28-12)19-13(2)18(20(27)24-25-9-3-4-10-25)23-26(19)16-7-6-14(21)11-15(16)22/h5-8,11H,3-4,9-10H2,1-2H3,(H,24,27). The molecular formula is C20H20Cl2N4OS. The zero-order valence-corrected chi connectivity index (χ0v) is 18.0. The molecule has 3 heterocycles. The van der Waals surface area contributed by atoms with Crippen molar-refractivity contribution in [1.29, 1.82) is 0 Å². The number of rotatable bonds is 4. The predicted octanol–water partition coefficient (Wildman–Crippen LogP) is 5.27. The summed E-state index contributed by atoms with van der Waals surface area (Å²) in [7, 11) is 0. The molecule has 0 atom stereocenters. The van der Waals surface area contributed by atoms with Gasteiger partial charge in [0.05, 0.1) is 21.3 Å². The van der Waals surface area contributed by atoms with Crippen molar-refractivity contribution in [3.8, 4) is 16.3 Å². The summed E-state index contributed by atoms with van der Waals surface area (Å²) in [5, 5.41) is 7.64. The lowest BCUT2D eigenvalue weighted by atomic mass is 10.1. The largest absolute Gasteiger partial charge is 0.286 e. The number of aromatic nitrogens is 2. The quantitative estimate of drug-likeness (QED) is 0.608. The van der Waals surface area contributed by atoms with Gasteiger partial charge in [0.2, 0.25) is 0 Å². The molecule has 0 spiro atoms. The van der Waals surface area contributed by atoms with Crippen LogP contribution in [-0.2, 0) is 0 Å². The second-order valence-corrected chi connectivity index (χ2v) is 9.01. The third-order valence-corrected chi connectivity index (χ3v) is 6.36. The molecule has 8 heteroatoms. The van der Waals surface area contributed by atoms with Gasteiger partial charge in [0.25, 0.3) is 5.91 Å². The molecule has 1 aliphatic heterocycles. The maximum atomic E-state index is 12.9. The van der Waals surface area contributed by atoms with E-state index in [9.17, 15) is 4.79 Å². The van der Waals surface area contributed by atoms with Gasteiger partial charge in [-0.1, -0.05) is 23.2 Å². The Morgan fingerprint density at radius 1 is 1.14 bits per heavy atom. The minimum absolute atomic E-state index is 0.197. The van der Waals surface area contributed by atoms with Crippen molar-refractivity contribution >= 4 is 40.4 Å². The van der Waals surface area contributed by atoms with Gasteiger partial charge in [-0.05, 0) is 57.0 Å². The first-order valence-electron chi connectivity index (χ1n) is 9.12. The molecule has 28 heavy (non-hydrogen) atoms. The summed E-state index contributed by atoms with van der Waals surface area (Å²) in [6.07, 6.45) is 2.18. The number of thiophene rings is 1. The van der Waals surface area contributed by atoms with E-state index >= 15 is 0 Å². The van der Waals surface area contributed by atoms with Crippen molar-refractivity contribution in [2.24, 2.45) is 0 Å². The Hall–Kier alpha value is -1.86. The summed E-state index contributed by atoms with van der Waals surface area (Å²) in [6, 6.07) is 9.38. The number of aryl methyl sites for hydroxylation is 1. The fourth-order valence-corrected chi connectivity index (χ4v) is 4.86. The number of nitrogens with zero attached hydrogens (tertiary/aromatic N) is 3. The molecule has 0 saturated carbocycles. The van der Waals surface area contributed by atoms with E-state index in [2.05, 4.69) is 23.5 Å². The zero-order valence-electron chi connectivity index (χ0n) is 15.6. The Labute approximate surface area is 177 Å². The Balaban J connectivity index is 1.82. The van der Waals surface area contributed by atoms with Crippen LogP contribution in [0.25, 0.3) is 16.3 Å². The second kappa shape index (κ2) is 7.87. The number of amides is 1. The smallest absolute Gasteiger partial charge is 0.283 e. The highest BCUT2D eigenvalue weighted by Gasteiger charge is 2.25. The second-order valence-electron chi connectivity index (χ2n) is 6.88. The summed E-state index contributed by atoms with van der Waals surface area (Å²) < 4.78 is 1.75. The first kappa shape index (κ1) is 19.5. The van der Waals surface area contributed by atoms with Crippen LogP contribution in [0, 0.1) is 13.8 Å². The van der Waals surface area contributed by atoms with Crippen LogP contribution in [0.3, 0.4) is 0 Å². The molecule has 0 unspecified atom stereocenters. The number of hydrogen-bond acceptors (Lipinski definition) is 4. The van der Waals surface area contributed by atoms with E-state index in [0.717, 1.165) is 42.1 Å². The van der Waals surface area contributed by atoms with Crippen molar-refractivity contribution in [3.63, 3.8) is 0 Å². The Kier molecular flexibility index (Phi) is 5.47. The van der Waals surface area contributed by atoms with Gasteiger partial charge in [0, 0.05) is 28.6 Å². The summed E-state index contributed by atoms with van der Waals surface area (Å²) >= 11 is 14.2. The Bertz CT molecular complexity index is 1040. The minimum Gasteiger partial charge on any atom is -0.283 e. The van der Waals surface area contributed by atoms with E-state index in [1.54, 1.807) is 28.2 Å². The summed E-state index contributed by atoms with van der Waals surface area (Å²) in [5.74, 6) is -0.197. The lowest BCUT2D eigenvalue weighted by molar-refractivity contribution is 0.0819. The fourth-order valence-electron chi connectivity index (χ4n) is 3.42. The van der Waals surface area contributed by atoms with Crippen molar-refractivity contribution in [2.75, 3.05) is 13.1 Å². The van der Waals surface area contributed by atoms with Crippen LogP contribution in [0.1, 0.15) is 33.8 Å². The van der Waals surface area contributed by atoms with E-state index in [1.165, 1.54) is 4.88 Å². The van der Waals surface area contributed by atoms with Crippen LogP contribution in [-0.4, -0.2) is 33.8 Å². The van der Waals surface area contributed by atoms with Crippen LogP contribution in [0.2, 0.25) is 10.0 Å². The summed E-state index contributed by atoms with van der Waals surface area (Å²) in [4.78, 5) is 15.1. The molecule has 1 N–H and O–H groups in total. The molecule has 0 radical (unpaired) electrons. The molecule has 1 saturated heterocycles. The molecule has 5 nitrogen and oxygen atoms in total. The minimum atomic E-state index is -0.197. The monoisotopic (exact) mass is 434 g/mol. The Morgan fingerprint density at radius 2 is 1.89 bits per heavy atom. The van der Waals surface area contributed by atoms with Crippen molar-refractivity contribution < 1.29 is 4.79 Å². The van der Waals surface area contributed by atoms with Gasteiger partial charge in [-0.15, -0.1) is 11.3 Å². The van der Waals surface area contributed by atoms with Crippen LogP contribution in [0.5, 0.6) is 0 Å². The number of carbonyl (C=O) groups is 1. The Morgan fingerprint density at radius 3 is 2.54 bits per heavy atom. The number of halogens is 2. The fraction of sp³-hybridized carbons (Fsp3) is 0.300. The highest BCUT2D eigenvalue weighted by atomic mass is 35.5. The topological polar surface area (TPSA) is 50.2 Å². The lowest BCUT2D eigenvalue weighted by Crippen LogP contribution is -2.40. The number of carbonyl (C=O) groups excluding carboxylic acids is 1. The molecule has 3 aromatic rings. The van der Waals surface area contributed by atoms with Gasteiger partial charge in [-0.25, -0.2) is 9.69 Å².